The lowest BCUT2D eigenvalue weighted by molar-refractivity contribution is 0.832. The number of anilines is 2. The average molecular weight is 292 g/mol. The Labute approximate surface area is 109 Å². The van der Waals surface area contributed by atoms with Gasteiger partial charge in [0.15, 0.2) is 0 Å². The molecule has 2 rings (SSSR count). The van der Waals surface area contributed by atoms with E-state index in [4.69, 9.17) is 0 Å². The van der Waals surface area contributed by atoms with E-state index in [0.717, 1.165) is 28.3 Å². The molecule has 0 saturated heterocycles. The van der Waals surface area contributed by atoms with Crippen molar-refractivity contribution in [3.8, 4) is 0 Å². The van der Waals surface area contributed by atoms with Crippen LogP contribution in [0, 0.1) is 6.92 Å². The number of nitrogens with zero attached hydrogens (tertiary/aromatic N) is 2. The monoisotopic (exact) mass is 291 g/mol. The molecule has 0 saturated carbocycles. The molecule has 4 heteroatoms. The van der Waals surface area contributed by atoms with Crippen LogP contribution in [0.3, 0.4) is 0 Å². The van der Waals surface area contributed by atoms with Crippen molar-refractivity contribution < 1.29 is 0 Å². The van der Waals surface area contributed by atoms with Gasteiger partial charge in [0.05, 0.1) is 5.69 Å². The number of hydrogen-bond donors (Lipinski definition) is 1. The number of hydrogen-bond acceptors (Lipinski definition) is 2. The highest BCUT2D eigenvalue weighted by Crippen LogP contribution is 2.20. The van der Waals surface area contributed by atoms with E-state index in [1.54, 1.807) is 0 Å². The van der Waals surface area contributed by atoms with Crippen LogP contribution in [0.25, 0.3) is 0 Å². The summed E-state index contributed by atoms with van der Waals surface area (Å²) in [5, 5.41) is 3.29. The van der Waals surface area contributed by atoms with Gasteiger partial charge in [0.25, 0.3) is 0 Å². The van der Waals surface area contributed by atoms with Crippen LogP contribution in [0.4, 0.5) is 11.6 Å². The van der Waals surface area contributed by atoms with Crippen molar-refractivity contribution in [3.63, 3.8) is 0 Å². The third kappa shape index (κ3) is 2.97. The van der Waals surface area contributed by atoms with Crippen LogP contribution in [0.5, 0.6) is 0 Å². The van der Waals surface area contributed by atoms with Crippen LogP contribution in [-0.2, 0) is 6.54 Å². The van der Waals surface area contributed by atoms with Gasteiger partial charge in [0.1, 0.15) is 0 Å². The van der Waals surface area contributed by atoms with Crippen LogP contribution in [-0.4, -0.2) is 9.55 Å². The highest BCUT2D eigenvalue weighted by Gasteiger charge is 2.04. The van der Waals surface area contributed by atoms with Crippen LogP contribution in [0.2, 0.25) is 0 Å². The quantitative estimate of drug-likeness (QED) is 0.867. The standard InChI is InChI=1S/C13H14BrN3/c1-3-7-17-9-10(2)15-13(17)16-12-6-4-5-11(14)8-12/h3-6,8-9H,1,7H2,2H3,(H,15,16). The molecule has 0 radical (unpaired) electrons. The van der Waals surface area contributed by atoms with Crippen molar-refractivity contribution in [2.24, 2.45) is 0 Å². The first-order chi connectivity index (χ1) is 8.19. The maximum atomic E-state index is 4.44. The van der Waals surface area contributed by atoms with E-state index in [1.165, 1.54) is 0 Å². The first-order valence-electron chi connectivity index (χ1n) is 5.36. The van der Waals surface area contributed by atoms with Crippen molar-refractivity contribution in [3.05, 3.63) is 53.3 Å². The Hall–Kier alpha value is -1.55. The molecule has 88 valence electrons. The van der Waals surface area contributed by atoms with Gasteiger partial charge in [-0.2, -0.15) is 0 Å². The predicted molar refractivity (Wildman–Crippen MR) is 74.6 cm³/mol. The highest BCUT2D eigenvalue weighted by molar-refractivity contribution is 9.10. The minimum Gasteiger partial charge on any atom is -0.326 e. The number of rotatable bonds is 4. The van der Waals surface area contributed by atoms with Crippen LogP contribution in [0.15, 0.2) is 47.6 Å². The second-order valence-electron chi connectivity index (χ2n) is 3.78. The van der Waals surface area contributed by atoms with E-state index in [0.29, 0.717) is 0 Å². The summed E-state index contributed by atoms with van der Waals surface area (Å²) in [6.07, 6.45) is 3.86. The molecule has 0 spiro atoms. The Bertz CT molecular complexity index is 531. The molecule has 1 aromatic heterocycles. The van der Waals surface area contributed by atoms with E-state index in [9.17, 15) is 0 Å². The summed E-state index contributed by atoms with van der Waals surface area (Å²) in [4.78, 5) is 4.44. The molecule has 2 aromatic rings. The summed E-state index contributed by atoms with van der Waals surface area (Å²) in [5.41, 5.74) is 2.00. The number of halogens is 1. The van der Waals surface area contributed by atoms with E-state index in [1.807, 2.05) is 48.0 Å². The first kappa shape index (κ1) is 11.9. The zero-order valence-corrected chi connectivity index (χ0v) is 11.2. The molecule has 1 heterocycles. The molecule has 1 aromatic carbocycles. The molecular formula is C13H14BrN3. The Kier molecular flexibility index (Phi) is 3.64. The topological polar surface area (TPSA) is 29.9 Å². The molecule has 0 aliphatic carbocycles. The predicted octanol–water partition coefficient (Wildman–Crippen LogP) is 3.88. The second kappa shape index (κ2) is 5.19. The molecule has 17 heavy (non-hydrogen) atoms. The van der Waals surface area contributed by atoms with Crippen molar-refractivity contribution in [1.29, 1.82) is 0 Å². The number of benzene rings is 1. The van der Waals surface area contributed by atoms with Crippen molar-refractivity contribution >= 4 is 27.6 Å². The normalized spacial score (nSPS) is 10.2. The summed E-state index contributed by atoms with van der Waals surface area (Å²) in [6.45, 7) is 6.47. The minimum atomic E-state index is 0.747. The molecule has 0 fully saturated rings. The lowest BCUT2D eigenvalue weighted by Crippen LogP contribution is -2.01. The van der Waals surface area contributed by atoms with E-state index in [2.05, 4.69) is 32.8 Å². The Morgan fingerprint density at radius 1 is 1.53 bits per heavy atom. The minimum absolute atomic E-state index is 0.747. The average Bonchev–Trinajstić information content (AvgIpc) is 2.59. The smallest absolute Gasteiger partial charge is 0.207 e. The van der Waals surface area contributed by atoms with Gasteiger partial charge in [-0.15, -0.1) is 6.58 Å². The van der Waals surface area contributed by atoms with Gasteiger partial charge in [-0.3, -0.25) is 0 Å². The second-order valence-corrected chi connectivity index (χ2v) is 4.70. The van der Waals surface area contributed by atoms with Crippen LogP contribution >= 0.6 is 15.9 Å². The number of allylic oxidation sites excluding steroid dienone is 1. The zero-order valence-electron chi connectivity index (χ0n) is 9.65. The zero-order chi connectivity index (χ0) is 12.3. The molecule has 0 atom stereocenters. The lowest BCUT2D eigenvalue weighted by atomic mass is 10.3. The SMILES string of the molecule is C=CCn1cc(C)nc1Nc1cccc(Br)c1. The summed E-state index contributed by atoms with van der Waals surface area (Å²) < 4.78 is 3.07. The third-order valence-electron chi connectivity index (χ3n) is 2.30. The summed E-state index contributed by atoms with van der Waals surface area (Å²) in [5.74, 6) is 0.834. The first-order valence-corrected chi connectivity index (χ1v) is 6.15. The molecule has 1 N–H and O–H groups in total. The summed E-state index contributed by atoms with van der Waals surface area (Å²) in [6, 6.07) is 8.00. The number of nitrogens with one attached hydrogen (secondary N) is 1. The summed E-state index contributed by atoms with van der Waals surface area (Å²) >= 11 is 3.45. The molecule has 3 nitrogen and oxygen atoms in total. The summed E-state index contributed by atoms with van der Waals surface area (Å²) in [7, 11) is 0. The van der Waals surface area contributed by atoms with Gasteiger partial charge in [-0.1, -0.05) is 28.1 Å². The van der Waals surface area contributed by atoms with E-state index >= 15 is 0 Å². The van der Waals surface area contributed by atoms with Gasteiger partial charge in [-0.25, -0.2) is 4.98 Å². The van der Waals surface area contributed by atoms with Crippen LogP contribution < -0.4 is 5.32 Å². The Balaban J connectivity index is 2.26. The molecule has 0 amide bonds. The molecule has 0 aliphatic heterocycles. The molecule has 0 bridgehead atoms. The van der Waals surface area contributed by atoms with E-state index in [-0.39, 0.29) is 0 Å². The van der Waals surface area contributed by atoms with Crippen molar-refractivity contribution in [1.82, 2.24) is 9.55 Å². The fourth-order valence-corrected chi connectivity index (χ4v) is 2.02. The Morgan fingerprint density at radius 2 is 2.35 bits per heavy atom. The van der Waals surface area contributed by atoms with Gasteiger partial charge in [0, 0.05) is 22.9 Å². The lowest BCUT2D eigenvalue weighted by Gasteiger charge is -2.07. The number of imidazole rings is 1. The van der Waals surface area contributed by atoms with Crippen molar-refractivity contribution in [2.75, 3.05) is 5.32 Å². The molecular weight excluding hydrogens is 278 g/mol. The van der Waals surface area contributed by atoms with Gasteiger partial charge in [-0.05, 0) is 25.1 Å². The van der Waals surface area contributed by atoms with Gasteiger partial charge in [0.2, 0.25) is 5.95 Å². The van der Waals surface area contributed by atoms with E-state index < -0.39 is 0 Å². The van der Waals surface area contributed by atoms with Crippen molar-refractivity contribution in [2.45, 2.75) is 13.5 Å². The fourth-order valence-electron chi connectivity index (χ4n) is 1.62. The number of aryl methyl sites for hydroxylation is 1. The molecule has 0 aliphatic rings. The maximum Gasteiger partial charge on any atom is 0.207 e. The maximum absolute atomic E-state index is 4.44. The fraction of sp³-hybridized carbons (Fsp3) is 0.154. The molecule has 0 unspecified atom stereocenters. The van der Waals surface area contributed by atoms with Gasteiger partial charge < -0.3 is 9.88 Å². The Morgan fingerprint density at radius 3 is 3.06 bits per heavy atom. The third-order valence-corrected chi connectivity index (χ3v) is 2.80. The van der Waals surface area contributed by atoms with Crippen LogP contribution in [0.1, 0.15) is 5.69 Å². The van der Waals surface area contributed by atoms with Gasteiger partial charge >= 0.3 is 0 Å². The highest BCUT2D eigenvalue weighted by atomic mass is 79.9. The largest absolute Gasteiger partial charge is 0.326 e. The number of aromatic nitrogens is 2.